The van der Waals surface area contributed by atoms with Crippen molar-refractivity contribution in [2.75, 3.05) is 18.8 Å². The van der Waals surface area contributed by atoms with Crippen LogP contribution in [0.3, 0.4) is 0 Å². The minimum atomic E-state index is -0.658. The second-order valence-electron chi connectivity index (χ2n) is 4.91. The molecule has 1 atom stereocenters. The third kappa shape index (κ3) is 3.01. The number of rotatable bonds is 4. The molecular formula is C14H19N3O3. The third-order valence-electron chi connectivity index (χ3n) is 3.34. The summed E-state index contributed by atoms with van der Waals surface area (Å²) in [5.74, 6) is -0.422. The fraction of sp³-hybridized carbons (Fsp3) is 0.429. The van der Waals surface area contributed by atoms with E-state index in [0.717, 1.165) is 25.9 Å². The van der Waals surface area contributed by atoms with E-state index in [1.54, 1.807) is 24.0 Å². The lowest BCUT2D eigenvalue weighted by atomic mass is 10.1. The van der Waals surface area contributed by atoms with Gasteiger partial charge in [0.05, 0.1) is 5.56 Å². The molecule has 0 radical (unpaired) electrons. The lowest BCUT2D eigenvalue weighted by molar-refractivity contribution is -0.136. The highest BCUT2D eigenvalue weighted by atomic mass is 16.5. The van der Waals surface area contributed by atoms with Gasteiger partial charge in [-0.2, -0.15) is 0 Å². The molecule has 0 aromatic heterocycles. The van der Waals surface area contributed by atoms with E-state index in [2.05, 4.69) is 0 Å². The lowest BCUT2D eigenvalue weighted by Gasteiger charge is -2.22. The number of nitrogens with zero attached hydrogens (tertiary/aromatic N) is 1. The number of amides is 2. The van der Waals surface area contributed by atoms with Crippen LogP contribution in [0.1, 0.15) is 30.1 Å². The van der Waals surface area contributed by atoms with E-state index in [1.165, 1.54) is 6.07 Å². The maximum atomic E-state index is 12.2. The Labute approximate surface area is 117 Å². The Balaban J connectivity index is 2.12. The molecule has 1 aliphatic rings. The molecule has 1 unspecified atom stereocenters. The molecule has 0 aliphatic carbocycles. The van der Waals surface area contributed by atoms with Crippen LogP contribution >= 0.6 is 0 Å². The number of carbonyl (C=O) groups is 2. The first-order valence-corrected chi connectivity index (χ1v) is 6.64. The number of nitrogens with two attached hydrogens (primary N) is 2. The molecule has 0 saturated carbocycles. The van der Waals surface area contributed by atoms with Gasteiger partial charge in [0.1, 0.15) is 5.75 Å². The van der Waals surface area contributed by atoms with Gasteiger partial charge in [0.15, 0.2) is 6.10 Å². The molecule has 108 valence electrons. The van der Waals surface area contributed by atoms with Gasteiger partial charge >= 0.3 is 0 Å². The summed E-state index contributed by atoms with van der Waals surface area (Å²) in [4.78, 5) is 25.3. The van der Waals surface area contributed by atoms with Gasteiger partial charge in [0.2, 0.25) is 0 Å². The number of hydrogen-bond donors (Lipinski definition) is 2. The van der Waals surface area contributed by atoms with Crippen molar-refractivity contribution < 1.29 is 14.3 Å². The van der Waals surface area contributed by atoms with Gasteiger partial charge in [-0.15, -0.1) is 0 Å². The van der Waals surface area contributed by atoms with Crippen molar-refractivity contribution in [2.24, 2.45) is 5.73 Å². The van der Waals surface area contributed by atoms with Crippen molar-refractivity contribution in [3.05, 3.63) is 23.8 Å². The SMILES string of the molecule is CC(Oc1ccc(N)cc1C(N)=O)C(=O)N1CCCC1. The van der Waals surface area contributed by atoms with E-state index in [4.69, 9.17) is 16.2 Å². The van der Waals surface area contributed by atoms with Crippen molar-refractivity contribution in [3.8, 4) is 5.75 Å². The predicted molar refractivity (Wildman–Crippen MR) is 75.3 cm³/mol. The number of primary amides is 1. The largest absolute Gasteiger partial charge is 0.480 e. The summed E-state index contributed by atoms with van der Waals surface area (Å²) in [6.07, 6.45) is 1.38. The zero-order chi connectivity index (χ0) is 14.7. The Bertz CT molecular complexity index is 524. The predicted octanol–water partition coefficient (Wildman–Crippen LogP) is 0.757. The van der Waals surface area contributed by atoms with E-state index < -0.39 is 12.0 Å². The van der Waals surface area contributed by atoms with Crippen LogP contribution < -0.4 is 16.2 Å². The van der Waals surface area contributed by atoms with Crippen LogP contribution in [0, 0.1) is 0 Å². The fourth-order valence-corrected chi connectivity index (χ4v) is 2.28. The lowest BCUT2D eigenvalue weighted by Crippen LogP contribution is -2.38. The second-order valence-corrected chi connectivity index (χ2v) is 4.91. The van der Waals surface area contributed by atoms with E-state index in [0.29, 0.717) is 5.69 Å². The average Bonchev–Trinajstić information content (AvgIpc) is 2.93. The van der Waals surface area contributed by atoms with E-state index in [-0.39, 0.29) is 17.2 Å². The molecule has 1 saturated heterocycles. The molecule has 1 fully saturated rings. The van der Waals surface area contributed by atoms with Crippen molar-refractivity contribution in [1.29, 1.82) is 0 Å². The zero-order valence-electron chi connectivity index (χ0n) is 11.5. The molecule has 6 heteroatoms. The molecule has 0 spiro atoms. The van der Waals surface area contributed by atoms with Crippen LogP contribution in [0.2, 0.25) is 0 Å². The summed E-state index contributed by atoms with van der Waals surface area (Å²) in [7, 11) is 0. The van der Waals surface area contributed by atoms with Crippen LogP contribution in [0.5, 0.6) is 5.75 Å². The van der Waals surface area contributed by atoms with E-state index in [1.807, 2.05) is 0 Å². The van der Waals surface area contributed by atoms with E-state index >= 15 is 0 Å². The van der Waals surface area contributed by atoms with Gasteiger partial charge in [-0.3, -0.25) is 9.59 Å². The quantitative estimate of drug-likeness (QED) is 0.794. The number of likely N-dealkylation sites (tertiary alicyclic amines) is 1. The molecule has 1 heterocycles. The first-order chi connectivity index (χ1) is 9.49. The molecule has 1 aromatic rings. The number of anilines is 1. The molecule has 20 heavy (non-hydrogen) atoms. The van der Waals surface area contributed by atoms with Gasteiger partial charge in [0, 0.05) is 18.8 Å². The van der Waals surface area contributed by atoms with Gasteiger partial charge < -0.3 is 21.1 Å². The number of nitrogen functional groups attached to an aromatic ring is 1. The number of ether oxygens (including phenoxy) is 1. The van der Waals surface area contributed by atoms with Crippen molar-refractivity contribution in [3.63, 3.8) is 0 Å². The summed E-state index contributed by atoms with van der Waals surface area (Å²) in [5.41, 5.74) is 11.5. The highest BCUT2D eigenvalue weighted by Crippen LogP contribution is 2.23. The molecule has 2 amide bonds. The highest BCUT2D eigenvalue weighted by molar-refractivity contribution is 5.96. The average molecular weight is 277 g/mol. The summed E-state index contributed by atoms with van der Waals surface area (Å²) < 4.78 is 5.59. The number of hydrogen-bond acceptors (Lipinski definition) is 4. The Morgan fingerprint density at radius 1 is 1.30 bits per heavy atom. The molecule has 1 aliphatic heterocycles. The monoisotopic (exact) mass is 277 g/mol. The summed E-state index contributed by atoms with van der Waals surface area (Å²) in [5, 5.41) is 0. The Kier molecular flexibility index (Phi) is 4.12. The molecule has 1 aromatic carbocycles. The number of benzene rings is 1. The van der Waals surface area contributed by atoms with Crippen molar-refractivity contribution in [2.45, 2.75) is 25.9 Å². The van der Waals surface area contributed by atoms with Crippen LogP contribution in [-0.2, 0) is 4.79 Å². The van der Waals surface area contributed by atoms with Gasteiger partial charge in [-0.05, 0) is 38.0 Å². The Hall–Kier alpha value is -2.24. The molecular weight excluding hydrogens is 258 g/mol. The second kappa shape index (κ2) is 5.81. The topological polar surface area (TPSA) is 98.6 Å². The maximum Gasteiger partial charge on any atom is 0.263 e. The highest BCUT2D eigenvalue weighted by Gasteiger charge is 2.25. The van der Waals surface area contributed by atoms with Crippen LogP contribution in [0.15, 0.2) is 18.2 Å². The van der Waals surface area contributed by atoms with Gasteiger partial charge in [-0.25, -0.2) is 0 Å². The van der Waals surface area contributed by atoms with Crippen molar-refractivity contribution in [1.82, 2.24) is 4.90 Å². The van der Waals surface area contributed by atoms with Crippen LogP contribution in [-0.4, -0.2) is 35.9 Å². The first kappa shape index (κ1) is 14.2. The summed E-state index contributed by atoms with van der Waals surface area (Å²) in [6, 6.07) is 4.61. The molecule has 4 N–H and O–H groups in total. The third-order valence-corrected chi connectivity index (χ3v) is 3.34. The minimum Gasteiger partial charge on any atom is -0.480 e. The molecule has 0 bridgehead atoms. The first-order valence-electron chi connectivity index (χ1n) is 6.64. The zero-order valence-corrected chi connectivity index (χ0v) is 11.5. The van der Waals surface area contributed by atoms with E-state index in [9.17, 15) is 9.59 Å². The number of carbonyl (C=O) groups excluding carboxylic acids is 2. The van der Waals surface area contributed by atoms with Crippen molar-refractivity contribution >= 4 is 17.5 Å². The van der Waals surface area contributed by atoms with Crippen LogP contribution in [0.4, 0.5) is 5.69 Å². The maximum absolute atomic E-state index is 12.2. The molecule has 2 rings (SSSR count). The Morgan fingerprint density at radius 3 is 2.55 bits per heavy atom. The normalized spacial score (nSPS) is 15.9. The Morgan fingerprint density at radius 2 is 1.95 bits per heavy atom. The minimum absolute atomic E-state index is 0.0743. The van der Waals surface area contributed by atoms with Gasteiger partial charge in [0.25, 0.3) is 11.8 Å². The smallest absolute Gasteiger partial charge is 0.263 e. The van der Waals surface area contributed by atoms with Gasteiger partial charge in [-0.1, -0.05) is 0 Å². The molecule has 6 nitrogen and oxygen atoms in total. The standard InChI is InChI=1S/C14H19N3O3/c1-9(14(19)17-6-2-3-7-17)20-12-5-4-10(15)8-11(12)13(16)18/h4-5,8-9H,2-3,6-7,15H2,1H3,(H2,16,18). The van der Waals surface area contributed by atoms with Crippen LogP contribution in [0.25, 0.3) is 0 Å². The summed E-state index contributed by atoms with van der Waals surface area (Å²) >= 11 is 0. The summed E-state index contributed by atoms with van der Waals surface area (Å²) in [6.45, 7) is 3.19. The fourth-order valence-electron chi connectivity index (χ4n) is 2.28.